The van der Waals surface area contributed by atoms with Gasteiger partial charge >= 0.3 is 0 Å². The van der Waals surface area contributed by atoms with Crippen LogP contribution in [0.4, 0.5) is 17.3 Å². The predicted molar refractivity (Wildman–Crippen MR) is 102 cm³/mol. The Balaban J connectivity index is 1.51. The summed E-state index contributed by atoms with van der Waals surface area (Å²) in [6.45, 7) is 3.20. The summed E-state index contributed by atoms with van der Waals surface area (Å²) in [4.78, 5) is 15.8. The number of ether oxygens (including phenoxy) is 1. The third kappa shape index (κ3) is 3.29. The fourth-order valence-electron chi connectivity index (χ4n) is 2.87. The first-order valence-corrected chi connectivity index (χ1v) is 9.13. The molecule has 1 aliphatic heterocycles. The van der Waals surface area contributed by atoms with E-state index in [1.807, 2.05) is 41.8 Å². The van der Waals surface area contributed by atoms with Gasteiger partial charge in [0, 0.05) is 24.5 Å². The number of thiophene rings is 1. The molecule has 0 radical (unpaired) electrons. The van der Waals surface area contributed by atoms with Crippen molar-refractivity contribution in [3.05, 3.63) is 47.3 Å². The Morgan fingerprint density at radius 1 is 1.19 bits per heavy atom. The number of nitrogens with two attached hydrogens (primary N) is 1. The smallest absolute Gasteiger partial charge is 0.263 e. The number of morpholine rings is 1. The third-order valence-electron chi connectivity index (χ3n) is 4.20. The van der Waals surface area contributed by atoms with Gasteiger partial charge in [-0.3, -0.25) is 4.79 Å². The minimum absolute atomic E-state index is 0.0100. The Hall–Kier alpha value is -2.84. The summed E-state index contributed by atoms with van der Waals surface area (Å²) in [6, 6.07) is 11.5. The standard InChI is InChI=1S/C18H18N4O3S/c19-17-15(16(21-25-17)14-2-1-11-26-14)18(23)20-12-3-5-13(6-4-12)22-7-9-24-10-8-22/h1-6,11H,7-10,19H2,(H,20,23). The molecule has 26 heavy (non-hydrogen) atoms. The van der Waals surface area contributed by atoms with Gasteiger partial charge in [0.1, 0.15) is 11.3 Å². The van der Waals surface area contributed by atoms with Gasteiger partial charge in [0.15, 0.2) is 0 Å². The lowest BCUT2D eigenvalue weighted by Gasteiger charge is -2.28. The van der Waals surface area contributed by atoms with E-state index in [0.717, 1.165) is 36.9 Å². The van der Waals surface area contributed by atoms with Crippen LogP contribution in [0.25, 0.3) is 10.6 Å². The van der Waals surface area contributed by atoms with Crippen molar-refractivity contribution in [2.24, 2.45) is 0 Å². The number of rotatable bonds is 4. The highest BCUT2D eigenvalue weighted by molar-refractivity contribution is 7.13. The highest BCUT2D eigenvalue weighted by Crippen LogP contribution is 2.31. The van der Waals surface area contributed by atoms with Gasteiger partial charge in [0.25, 0.3) is 5.91 Å². The largest absolute Gasteiger partial charge is 0.378 e. The Morgan fingerprint density at radius 3 is 2.65 bits per heavy atom. The van der Waals surface area contributed by atoms with Gasteiger partial charge in [-0.15, -0.1) is 11.3 Å². The van der Waals surface area contributed by atoms with Crippen molar-refractivity contribution in [2.45, 2.75) is 0 Å². The molecular weight excluding hydrogens is 352 g/mol. The van der Waals surface area contributed by atoms with Crippen molar-refractivity contribution in [3.63, 3.8) is 0 Å². The number of nitrogens with zero attached hydrogens (tertiary/aromatic N) is 2. The van der Waals surface area contributed by atoms with Gasteiger partial charge < -0.3 is 25.2 Å². The first-order valence-electron chi connectivity index (χ1n) is 8.25. The van der Waals surface area contributed by atoms with E-state index in [2.05, 4.69) is 15.4 Å². The maximum Gasteiger partial charge on any atom is 0.263 e. The number of aromatic nitrogens is 1. The number of nitrogen functional groups attached to an aromatic ring is 1. The normalized spacial score (nSPS) is 14.4. The summed E-state index contributed by atoms with van der Waals surface area (Å²) in [5.41, 5.74) is 8.32. The predicted octanol–water partition coefficient (Wildman–Crippen LogP) is 3.07. The topological polar surface area (TPSA) is 93.6 Å². The number of nitrogens with one attached hydrogen (secondary N) is 1. The van der Waals surface area contributed by atoms with Gasteiger partial charge in [-0.05, 0) is 35.7 Å². The zero-order chi connectivity index (χ0) is 17.9. The molecule has 2 aromatic heterocycles. The molecule has 1 amide bonds. The van der Waals surface area contributed by atoms with E-state index >= 15 is 0 Å². The molecular formula is C18H18N4O3S. The lowest BCUT2D eigenvalue weighted by Crippen LogP contribution is -2.36. The molecule has 0 spiro atoms. The van der Waals surface area contributed by atoms with E-state index in [1.54, 1.807) is 0 Å². The minimum atomic E-state index is -0.341. The zero-order valence-corrected chi connectivity index (χ0v) is 14.8. The quantitative estimate of drug-likeness (QED) is 0.733. The van der Waals surface area contributed by atoms with Crippen LogP contribution in [0.5, 0.6) is 0 Å². The SMILES string of the molecule is Nc1onc(-c2cccs2)c1C(=O)Nc1ccc(N2CCOCC2)cc1. The van der Waals surface area contributed by atoms with Crippen LogP contribution in [0.15, 0.2) is 46.3 Å². The summed E-state index contributed by atoms with van der Waals surface area (Å²) in [5.74, 6) is -0.331. The molecule has 0 saturated carbocycles. The number of benzene rings is 1. The zero-order valence-electron chi connectivity index (χ0n) is 14.0. The fraction of sp³-hybridized carbons (Fsp3) is 0.222. The number of hydrogen-bond acceptors (Lipinski definition) is 7. The Bertz CT molecular complexity index is 884. The van der Waals surface area contributed by atoms with Crippen LogP contribution in [-0.2, 0) is 4.74 Å². The maximum absolute atomic E-state index is 12.7. The molecule has 3 aromatic rings. The molecule has 1 aliphatic rings. The molecule has 3 N–H and O–H groups in total. The average molecular weight is 370 g/mol. The van der Waals surface area contributed by atoms with Crippen LogP contribution in [0, 0.1) is 0 Å². The van der Waals surface area contributed by atoms with Gasteiger partial charge in [-0.25, -0.2) is 0 Å². The molecule has 0 bridgehead atoms. The van der Waals surface area contributed by atoms with E-state index in [1.165, 1.54) is 11.3 Å². The average Bonchev–Trinajstić information content (AvgIpc) is 3.32. The molecule has 0 aliphatic carbocycles. The number of anilines is 3. The van der Waals surface area contributed by atoms with Crippen LogP contribution in [0.2, 0.25) is 0 Å². The Kier molecular flexibility index (Phi) is 4.59. The van der Waals surface area contributed by atoms with Gasteiger partial charge in [0.2, 0.25) is 5.88 Å². The van der Waals surface area contributed by atoms with Crippen molar-refractivity contribution < 1.29 is 14.1 Å². The van der Waals surface area contributed by atoms with Gasteiger partial charge in [-0.1, -0.05) is 11.2 Å². The van der Waals surface area contributed by atoms with Gasteiger partial charge in [-0.2, -0.15) is 0 Å². The summed E-state index contributed by atoms with van der Waals surface area (Å²) >= 11 is 1.47. The van der Waals surface area contributed by atoms with E-state index in [9.17, 15) is 4.79 Å². The van der Waals surface area contributed by atoms with Crippen LogP contribution >= 0.6 is 11.3 Å². The monoisotopic (exact) mass is 370 g/mol. The van der Waals surface area contributed by atoms with Crippen LogP contribution in [0.1, 0.15) is 10.4 Å². The van der Waals surface area contributed by atoms with Gasteiger partial charge in [0.05, 0.1) is 18.1 Å². The lowest BCUT2D eigenvalue weighted by atomic mass is 10.2. The molecule has 1 aromatic carbocycles. The third-order valence-corrected chi connectivity index (χ3v) is 5.08. The van der Waals surface area contributed by atoms with Crippen LogP contribution in [-0.4, -0.2) is 37.4 Å². The second-order valence-corrected chi connectivity index (χ2v) is 6.80. The molecule has 0 atom stereocenters. The molecule has 0 unspecified atom stereocenters. The van der Waals surface area contributed by atoms with Crippen molar-refractivity contribution in [1.29, 1.82) is 0 Å². The van der Waals surface area contributed by atoms with E-state index in [0.29, 0.717) is 11.4 Å². The number of carbonyl (C=O) groups excluding carboxylic acids is 1. The summed E-state index contributed by atoms with van der Waals surface area (Å²) in [7, 11) is 0. The lowest BCUT2D eigenvalue weighted by molar-refractivity contribution is 0.102. The van der Waals surface area contributed by atoms with Crippen LogP contribution < -0.4 is 16.0 Å². The Labute approximate surface area is 154 Å². The summed E-state index contributed by atoms with van der Waals surface area (Å²) in [6.07, 6.45) is 0. The molecule has 1 saturated heterocycles. The van der Waals surface area contributed by atoms with Crippen molar-refractivity contribution in [1.82, 2.24) is 5.16 Å². The molecule has 1 fully saturated rings. The van der Waals surface area contributed by atoms with Crippen molar-refractivity contribution in [2.75, 3.05) is 42.3 Å². The Morgan fingerprint density at radius 2 is 1.96 bits per heavy atom. The van der Waals surface area contributed by atoms with E-state index < -0.39 is 0 Å². The number of amides is 1. The molecule has 7 nitrogen and oxygen atoms in total. The summed E-state index contributed by atoms with van der Waals surface area (Å²) in [5, 5.41) is 8.70. The number of carbonyl (C=O) groups is 1. The molecule has 8 heteroatoms. The van der Waals surface area contributed by atoms with E-state index in [-0.39, 0.29) is 17.4 Å². The minimum Gasteiger partial charge on any atom is -0.378 e. The van der Waals surface area contributed by atoms with Crippen molar-refractivity contribution in [3.8, 4) is 10.6 Å². The molecule has 134 valence electrons. The first kappa shape index (κ1) is 16.6. The van der Waals surface area contributed by atoms with Crippen LogP contribution in [0.3, 0.4) is 0 Å². The molecule has 3 heterocycles. The first-order chi connectivity index (χ1) is 12.7. The second kappa shape index (κ2) is 7.19. The maximum atomic E-state index is 12.7. The highest BCUT2D eigenvalue weighted by atomic mass is 32.1. The van der Waals surface area contributed by atoms with E-state index in [4.69, 9.17) is 15.0 Å². The summed E-state index contributed by atoms with van der Waals surface area (Å²) < 4.78 is 10.4. The number of hydrogen-bond donors (Lipinski definition) is 2. The molecule has 4 rings (SSSR count). The fourth-order valence-corrected chi connectivity index (χ4v) is 3.59. The highest BCUT2D eigenvalue weighted by Gasteiger charge is 2.23. The van der Waals surface area contributed by atoms with Crippen molar-refractivity contribution >= 4 is 34.5 Å². The second-order valence-electron chi connectivity index (χ2n) is 5.85.